The van der Waals surface area contributed by atoms with Gasteiger partial charge in [-0.3, -0.25) is 4.90 Å². The van der Waals surface area contributed by atoms with Gasteiger partial charge in [-0.1, -0.05) is 36.5 Å². The fourth-order valence-electron chi connectivity index (χ4n) is 2.11. The molecule has 0 bridgehead atoms. The molecule has 4 heteroatoms. The number of benzene rings is 1. The number of nitrogens with two attached hydrogens (primary N) is 1. The number of nitrogens with zero attached hydrogens (tertiary/aromatic N) is 1. The number of hydrogen-bond donors (Lipinski definition) is 1. The molecule has 1 aliphatic heterocycles. The second kappa shape index (κ2) is 5.85. The molecule has 0 radical (unpaired) electrons. The van der Waals surface area contributed by atoms with Crippen LogP contribution in [0.5, 0.6) is 0 Å². The Hall–Kier alpha value is -0.580. The fourth-order valence-corrected chi connectivity index (χ4v) is 3.40. The van der Waals surface area contributed by atoms with E-state index in [1.807, 2.05) is 23.9 Å². The first-order chi connectivity index (χ1) is 8.18. The summed E-state index contributed by atoms with van der Waals surface area (Å²) in [6.45, 7) is 4.39. The third kappa shape index (κ3) is 3.21. The van der Waals surface area contributed by atoms with E-state index in [1.165, 1.54) is 17.1 Å². The zero-order valence-corrected chi connectivity index (χ0v) is 11.7. The molecule has 1 aliphatic rings. The van der Waals surface area contributed by atoms with Gasteiger partial charge in [0.25, 0.3) is 0 Å². The first-order valence-electron chi connectivity index (χ1n) is 5.88. The minimum Gasteiger partial charge on any atom is -0.389 e. The third-order valence-corrected chi connectivity index (χ3v) is 4.57. The molecule has 0 aromatic heterocycles. The van der Waals surface area contributed by atoms with Gasteiger partial charge in [-0.05, 0) is 12.5 Å². The van der Waals surface area contributed by atoms with Crippen LogP contribution < -0.4 is 5.73 Å². The average Bonchev–Trinajstić information content (AvgIpc) is 2.32. The van der Waals surface area contributed by atoms with Gasteiger partial charge in [0.1, 0.15) is 4.99 Å². The topological polar surface area (TPSA) is 29.3 Å². The monoisotopic (exact) mass is 266 g/mol. The molecule has 2 rings (SSSR count). The van der Waals surface area contributed by atoms with Gasteiger partial charge in [0.2, 0.25) is 0 Å². The third-order valence-electron chi connectivity index (χ3n) is 3.16. The fraction of sp³-hybridized carbons (Fsp3) is 0.462. The van der Waals surface area contributed by atoms with Crippen LogP contribution in [0.2, 0.25) is 0 Å². The molecule has 1 fully saturated rings. The normalized spacial score (nSPS) is 21.4. The molecule has 1 atom stereocenters. The molecule has 0 saturated carbocycles. The molecule has 92 valence electrons. The molecule has 0 spiro atoms. The summed E-state index contributed by atoms with van der Waals surface area (Å²) < 4.78 is 0. The summed E-state index contributed by atoms with van der Waals surface area (Å²) in [5, 5.41) is 0. The summed E-state index contributed by atoms with van der Waals surface area (Å²) in [4.78, 5) is 3.01. The van der Waals surface area contributed by atoms with Crippen molar-refractivity contribution >= 4 is 29.0 Å². The Kier molecular flexibility index (Phi) is 4.42. The first kappa shape index (κ1) is 12.9. The van der Waals surface area contributed by atoms with Gasteiger partial charge in [0, 0.05) is 36.2 Å². The smallest absolute Gasteiger partial charge is 0.104 e. The van der Waals surface area contributed by atoms with Crippen molar-refractivity contribution in [3.8, 4) is 0 Å². The predicted octanol–water partition coefficient (Wildman–Crippen LogP) is 2.26. The van der Waals surface area contributed by atoms with Crippen molar-refractivity contribution in [3.63, 3.8) is 0 Å². The van der Waals surface area contributed by atoms with Crippen LogP contribution in [0.4, 0.5) is 0 Å². The molecule has 1 unspecified atom stereocenters. The Morgan fingerprint density at radius 3 is 3.00 bits per heavy atom. The molecule has 2 nitrogen and oxygen atoms in total. The largest absolute Gasteiger partial charge is 0.389 e. The van der Waals surface area contributed by atoms with Gasteiger partial charge < -0.3 is 5.73 Å². The van der Waals surface area contributed by atoms with Crippen molar-refractivity contribution in [1.82, 2.24) is 4.90 Å². The van der Waals surface area contributed by atoms with Crippen LogP contribution in [-0.2, 0) is 6.54 Å². The second-order valence-corrected chi connectivity index (χ2v) is 6.01. The van der Waals surface area contributed by atoms with Crippen molar-refractivity contribution in [3.05, 3.63) is 35.4 Å². The van der Waals surface area contributed by atoms with E-state index in [9.17, 15) is 0 Å². The number of thioether (sulfide) groups is 1. The summed E-state index contributed by atoms with van der Waals surface area (Å²) in [6.07, 6.45) is 0. The Balaban J connectivity index is 2.14. The molecule has 1 aromatic rings. The Morgan fingerprint density at radius 1 is 1.53 bits per heavy atom. The summed E-state index contributed by atoms with van der Waals surface area (Å²) in [5.74, 6) is 2.44. The van der Waals surface area contributed by atoms with E-state index < -0.39 is 0 Å². The first-order valence-corrected chi connectivity index (χ1v) is 7.44. The summed E-state index contributed by atoms with van der Waals surface area (Å²) in [6, 6.07) is 8.82. The van der Waals surface area contributed by atoms with Crippen molar-refractivity contribution in [2.75, 3.05) is 18.1 Å². The molecule has 1 saturated heterocycles. The van der Waals surface area contributed by atoms with E-state index in [0.717, 1.165) is 18.7 Å². The number of rotatable bonds is 3. The lowest BCUT2D eigenvalue weighted by molar-refractivity contribution is 0.224. The van der Waals surface area contributed by atoms with Crippen molar-refractivity contribution in [1.29, 1.82) is 0 Å². The Labute approximate surface area is 113 Å². The molecule has 1 aromatic carbocycles. The van der Waals surface area contributed by atoms with Crippen molar-refractivity contribution in [2.24, 2.45) is 5.73 Å². The summed E-state index contributed by atoms with van der Waals surface area (Å²) in [7, 11) is 0. The van der Waals surface area contributed by atoms with Gasteiger partial charge in [-0.2, -0.15) is 11.8 Å². The maximum absolute atomic E-state index is 5.76. The van der Waals surface area contributed by atoms with Crippen LogP contribution in [0.15, 0.2) is 24.3 Å². The van der Waals surface area contributed by atoms with Crippen LogP contribution in [0, 0.1) is 0 Å². The van der Waals surface area contributed by atoms with Gasteiger partial charge in [-0.25, -0.2) is 0 Å². The predicted molar refractivity (Wildman–Crippen MR) is 79.5 cm³/mol. The highest BCUT2D eigenvalue weighted by atomic mass is 32.2. The van der Waals surface area contributed by atoms with E-state index in [4.69, 9.17) is 18.0 Å². The zero-order valence-electron chi connectivity index (χ0n) is 10.1. The minimum atomic E-state index is 0.500. The van der Waals surface area contributed by atoms with Crippen LogP contribution in [0.3, 0.4) is 0 Å². The van der Waals surface area contributed by atoms with Gasteiger partial charge >= 0.3 is 0 Å². The molecule has 0 aliphatic carbocycles. The molecular weight excluding hydrogens is 248 g/mol. The lowest BCUT2D eigenvalue weighted by atomic mass is 10.1. The molecular formula is C13H18N2S2. The highest BCUT2D eigenvalue weighted by Crippen LogP contribution is 2.20. The number of thiocarbonyl (C=S) groups is 1. The van der Waals surface area contributed by atoms with Gasteiger partial charge in [-0.15, -0.1) is 0 Å². The van der Waals surface area contributed by atoms with Crippen molar-refractivity contribution < 1.29 is 0 Å². The molecule has 0 amide bonds. The SMILES string of the molecule is CC1CSCCN1Cc1ccccc1C(N)=S. The van der Waals surface area contributed by atoms with Crippen LogP contribution >= 0.6 is 24.0 Å². The Morgan fingerprint density at radius 2 is 2.29 bits per heavy atom. The maximum Gasteiger partial charge on any atom is 0.104 e. The van der Waals surface area contributed by atoms with Gasteiger partial charge in [0.05, 0.1) is 0 Å². The van der Waals surface area contributed by atoms with Crippen LogP contribution in [0.25, 0.3) is 0 Å². The molecule has 1 heterocycles. The molecule has 2 N–H and O–H groups in total. The minimum absolute atomic E-state index is 0.500. The standard InChI is InChI=1S/C13H18N2S2/c1-10-9-17-7-6-15(10)8-11-4-2-3-5-12(11)13(14)16/h2-5,10H,6-9H2,1H3,(H2,14,16). The van der Waals surface area contributed by atoms with E-state index >= 15 is 0 Å². The lowest BCUT2D eigenvalue weighted by Crippen LogP contribution is -2.40. The van der Waals surface area contributed by atoms with E-state index in [1.54, 1.807) is 0 Å². The van der Waals surface area contributed by atoms with Gasteiger partial charge in [0.15, 0.2) is 0 Å². The highest BCUT2D eigenvalue weighted by Gasteiger charge is 2.19. The van der Waals surface area contributed by atoms with E-state index in [0.29, 0.717) is 11.0 Å². The van der Waals surface area contributed by atoms with E-state index in [-0.39, 0.29) is 0 Å². The summed E-state index contributed by atoms with van der Waals surface area (Å²) in [5.41, 5.74) is 8.03. The maximum atomic E-state index is 5.76. The number of hydrogen-bond acceptors (Lipinski definition) is 3. The average molecular weight is 266 g/mol. The Bertz CT molecular complexity index is 406. The second-order valence-electron chi connectivity index (χ2n) is 4.42. The quantitative estimate of drug-likeness (QED) is 0.850. The molecule has 17 heavy (non-hydrogen) atoms. The van der Waals surface area contributed by atoms with E-state index in [2.05, 4.69) is 24.0 Å². The van der Waals surface area contributed by atoms with Crippen molar-refractivity contribution in [2.45, 2.75) is 19.5 Å². The highest BCUT2D eigenvalue weighted by molar-refractivity contribution is 7.99. The van der Waals surface area contributed by atoms with Crippen LogP contribution in [0.1, 0.15) is 18.1 Å². The zero-order chi connectivity index (χ0) is 12.3. The summed E-state index contributed by atoms with van der Waals surface area (Å²) >= 11 is 7.14. The lowest BCUT2D eigenvalue weighted by Gasteiger charge is -2.33. The van der Waals surface area contributed by atoms with Crippen LogP contribution in [-0.4, -0.2) is 34.0 Å².